The molecule has 0 saturated heterocycles. The summed E-state index contributed by atoms with van der Waals surface area (Å²) in [4.78, 5) is 0. The molecule has 0 amide bonds. The molecule has 3 heteroatoms. The summed E-state index contributed by atoms with van der Waals surface area (Å²) in [5, 5.41) is 12.9. The Morgan fingerprint density at radius 3 is 2.33 bits per heavy atom. The molecule has 0 bridgehead atoms. The Labute approximate surface area is 113 Å². The maximum atomic E-state index is 9.53. The van der Waals surface area contributed by atoms with E-state index in [4.69, 9.17) is 4.74 Å². The molecule has 0 saturated carbocycles. The third kappa shape index (κ3) is 7.34. The fraction of sp³-hybridized carbons (Fsp3) is 1.00. The Bertz CT molecular complexity index is 191. The number of aliphatic hydroxyl groups is 1. The van der Waals surface area contributed by atoms with Gasteiger partial charge >= 0.3 is 0 Å². The predicted molar refractivity (Wildman–Crippen MR) is 77.9 cm³/mol. The summed E-state index contributed by atoms with van der Waals surface area (Å²) in [6.45, 7) is 12.7. The maximum absolute atomic E-state index is 9.53. The molecule has 0 radical (unpaired) electrons. The van der Waals surface area contributed by atoms with Crippen molar-refractivity contribution in [1.29, 1.82) is 0 Å². The van der Waals surface area contributed by atoms with Gasteiger partial charge in [0.1, 0.15) is 0 Å². The number of likely N-dealkylation sites (N-methyl/N-ethyl adjacent to an activating group) is 1. The molecule has 0 spiro atoms. The molecule has 18 heavy (non-hydrogen) atoms. The zero-order valence-corrected chi connectivity index (χ0v) is 13.0. The van der Waals surface area contributed by atoms with Gasteiger partial charge in [0.05, 0.1) is 12.7 Å². The molecule has 2 unspecified atom stereocenters. The van der Waals surface area contributed by atoms with Crippen molar-refractivity contribution in [1.82, 2.24) is 5.32 Å². The lowest BCUT2D eigenvalue weighted by Crippen LogP contribution is -2.48. The summed E-state index contributed by atoms with van der Waals surface area (Å²) in [6.07, 6.45) is 4.39. The minimum absolute atomic E-state index is 0.112. The number of ether oxygens (including phenoxy) is 1. The largest absolute Gasteiger partial charge is 0.394 e. The summed E-state index contributed by atoms with van der Waals surface area (Å²) >= 11 is 0. The van der Waals surface area contributed by atoms with Gasteiger partial charge in [-0.3, -0.25) is 0 Å². The van der Waals surface area contributed by atoms with E-state index in [0.29, 0.717) is 12.0 Å². The third-order valence-corrected chi connectivity index (χ3v) is 3.54. The van der Waals surface area contributed by atoms with Gasteiger partial charge in [0, 0.05) is 12.1 Å². The normalized spacial score (nSPS) is 16.8. The Kier molecular flexibility index (Phi) is 9.70. The van der Waals surface area contributed by atoms with Gasteiger partial charge in [0.25, 0.3) is 0 Å². The van der Waals surface area contributed by atoms with Crippen molar-refractivity contribution in [3.05, 3.63) is 0 Å². The zero-order valence-electron chi connectivity index (χ0n) is 13.0. The standard InChI is InChI=1S/C15H33NO2/c1-6-15(12-17,16-7-2)9-8-10-18-14(5)11-13(3)4/h13-14,16-17H,6-12H2,1-5H3. The highest BCUT2D eigenvalue weighted by atomic mass is 16.5. The summed E-state index contributed by atoms with van der Waals surface area (Å²) in [7, 11) is 0. The molecule has 0 aliphatic heterocycles. The van der Waals surface area contributed by atoms with E-state index in [-0.39, 0.29) is 12.1 Å². The second-order valence-corrected chi connectivity index (χ2v) is 5.74. The molecule has 2 atom stereocenters. The number of hydrogen-bond acceptors (Lipinski definition) is 3. The van der Waals surface area contributed by atoms with Gasteiger partial charge < -0.3 is 15.2 Å². The first-order valence-electron chi connectivity index (χ1n) is 7.47. The highest BCUT2D eigenvalue weighted by Crippen LogP contribution is 2.17. The lowest BCUT2D eigenvalue weighted by Gasteiger charge is -2.32. The van der Waals surface area contributed by atoms with E-state index in [1.807, 2.05) is 0 Å². The number of rotatable bonds is 11. The molecule has 0 aromatic rings. The van der Waals surface area contributed by atoms with Crippen LogP contribution in [0.25, 0.3) is 0 Å². The predicted octanol–water partition coefficient (Wildman–Crippen LogP) is 2.97. The van der Waals surface area contributed by atoms with Crippen molar-refractivity contribution in [2.45, 2.75) is 71.9 Å². The second-order valence-electron chi connectivity index (χ2n) is 5.74. The second kappa shape index (κ2) is 9.76. The van der Waals surface area contributed by atoms with Crippen molar-refractivity contribution < 1.29 is 9.84 Å². The first-order valence-corrected chi connectivity index (χ1v) is 7.47. The van der Waals surface area contributed by atoms with E-state index in [1.54, 1.807) is 0 Å². The van der Waals surface area contributed by atoms with E-state index in [1.165, 1.54) is 0 Å². The van der Waals surface area contributed by atoms with Crippen LogP contribution in [0.4, 0.5) is 0 Å². The van der Waals surface area contributed by atoms with Gasteiger partial charge in [-0.25, -0.2) is 0 Å². The molecule has 3 nitrogen and oxygen atoms in total. The highest BCUT2D eigenvalue weighted by molar-refractivity contribution is 4.85. The van der Waals surface area contributed by atoms with Crippen molar-refractivity contribution in [3.8, 4) is 0 Å². The van der Waals surface area contributed by atoms with E-state index < -0.39 is 0 Å². The van der Waals surface area contributed by atoms with E-state index in [9.17, 15) is 5.11 Å². The molecule has 0 aliphatic rings. The van der Waals surface area contributed by atoms with Crippen molar-refractivity contribution in [3.63, 3.8) is 0 Å². The molecular weight excluding hydrogens is 226 g/mol. The fourth-order valence-electron chi connectivity index (χ4n) is 2.44. The third-order valence-electron chi connectivity index (χ3n) is 3.54. The molecule has 0 rings (SSSR count). The Morgan fingerprint density at radius 2 is 1.89 bits per heavy atom. The molecule has 0 aliphatic carbocycles. The van der Waals surface area contributed by atoms with E-state index in [0.717, 1.165) is 38.8 Å². The average Bonchev–Trinajstić information content (AvgIpc) is 2.32. The minimum atomic E-state index is -0.112. The van der Waals surface area contributed by atoms with Crippen molar-refractivity contribution in [2.75, 3.05) is 19.8 Å². The topological polar surface area (TPSA) is 41.5 Å². The molecule has 0 aromatic carbocycles. The average molecular weight is 259 g/mol. The highest BCUT2D eigenvalue weighted by Gasteiger charge is 2.25. The summed E-state index contributed by atoms with van der Waals surface area (Å²) in [5.74, 6) is 0.689. The molecular formula is C15H33NO2. The number of nitrogens with one attached hydrogen (secondary N) is 1. The van der Waals surface area contributed by atoms with Crippen LogP contribution < -0.4 is 5.32 Å². The summed E-state index contributed by atoms with van der Waals surface area (Å²) in [6, 6.07) is 0. The van der Waals surface area contributed by atoms with E-state index >= 15 is 0 Å². The van der Waals surface area contributed by atoms with Crippen molar-refractivity contribution in [2.24, 2.45) is 5.92 Å². The van der Waals surface area contributed by atoms with Gasteiger partial charge in [0.2, 0.25) is 0 Å². The first-order chi connectivity index (χ1) is 8.49. The van der Waals surface area contributed by atoms with Crippen LogP contribution in [-0.2, 0) is 4.74 Å². The van der Waals surface area contributed by atoms with Crippen LogP contribution in [-0.4, -0.2) is 36.5 Å². The molecule has 110 valence electrons. The zero-order chi connectivity index (χ0) is 14.0. The molecule has 0 fully saturated rings. The Morgan fingerprint density at radius 1 is 1.22 bits per heavy atom. The summed E-state index contributed by atoms with van der Waals surface area (Å²) < 4.78 is 5.81. The van der Waals surface area contributed by atoms with Crippen LogP contribution >= 0.6 is 0 Å². The van der Waals surface area contributed by atoms with E-state index in [2.05, 4.69) is 39.9 Å². The van der Waals surface area contributed by atoms with Crippen LogP contribution in [0.15, 0.2) is 0 Å². The molecule has 2 N–H and O–H groups in total. The number of aliphatic hydroxyl groups excluding tert-OH is 1. The van der Waals surface area contributed by atoms with Crippen LogP contribution in [0.2, 0.25) is 0 Å². The lowest BCUT2D eigenvalue weighted by molar-refractivity contribution is 0.0420. The van der Waals surface area contributed by atoms with Crippen LogP contribution in [0, 0.1) is 5.92 Å². The van der Waals surface area contributed by atoms with Gasteiger partial charge in [0.15, 0.2) is 0 Å². The number of hydrogen-bond donors (Lipinski definition) is 2. The van der Waals surface area contributed by atoms with Crippen LogP contribution in [0.5, 0.6) is 0 Å². The lowest BCUT2D eigenvalue weighted by atomic mass is 9.91. The Balaban J connectivity index is 3.86. The van der Waals surface area contributed by atoms with Gasteiger partial charge in [-0.05, 0) is 45.1 Å². The Hall–Kier alpha value is -0.120. The van der Waals surface area contributed by atoms with Crippen LogP contribution in [0.1, 0.15) is 60.3 Å². The SMILES string of the molecule is CCNC(CC)(CO)CCCOC(C)CC(C)C. The summed E-state index contributed by atoms with van der Waals surface area (Å²) in [5.41, 5.74) is -0.112. The quantitative estimate of drug-likeness (QED) is 0.561. The molecule has 0 aromatic heterocycles. The minimum Gasteiger partial charge on any atom is -0.394 e. The van der Waals surface area contributed by atoms with Gasteiger partial charge in [-0.15, -0.1) is 0 Å². The monoisotopic (exact) mass is 259 g/mol. The first kappa shape index (κ1) is 17.9. The fourth-order valence-corrected chi connectivity index (χ4v) is 2.44. The van der Waals surface area contributed by atoms with Crippen LogP contribution in [0.3, 0.4) is 0 Å². The van der Waals surface area contributed by atoms with Crippen molar-refractivity contribution >= 4 is 0 Å². The molecule has 0 heterocycles. The van der Waals surface area contributed by atoms with Gasteiger partial charge in [-0.2, -0.15) is 0 Å². The maximum Gasteiger partial charge on any atom is 0.0613 e. The van der Waals surface area contributed by atoms with Gasteiger partial charge in [-0.1, -0.05) is 27.7 Å². The smallest absolute Gasteiger partial charge is 0.0613 e.